The lowest BCUT2D eigenvalue weighted by Gasteiger charge is -2.25. The van der Waals surface area contributed by atoms with Crippen LogP contribution in [0.3, 0.4) is 0 Å². The molecule has 0 aromatic heterocycles. The van der Waals surface area contributed by atoms with Gasteiger partial charge in [-0.25, -0.2) is 4.79 Å². The zero-order valence-electron chi connectivity index (χ0n) is 9.63. The summed E-state index contributed by atoms with van der Waals surface area (Å²) in [5, 5.41) is 19.6. The molecule has 0 unspecified atom stereocenters. The minimum Gasteiger partial charge on any atom is -0.480 e. The summed E-state index contributed by atoms with van der Waals surface area (Å²) in [6.45, 7) is 1.87. The lowest BCUT2D eigenvalue weighted by Crippen LogP contribution is -2.33. The molecule has 1 aliphatic rings. The van der Waals surface area contributed by atoms with E-state index in [1.807, 2.05) is 25.1 Å². The van der Waals surface area contributed by atoms with Gasteiger partial charge in [0.05, 0.1) is 0 Å². The third-order valence-corrected chi connectivity index (χ3v) is 3.15. The Hall–Kier alpha value is -1.68. The number of nitrogens with zero attached hydrogens (tertiary/aromatic N) is 1. The number of benzene rings is 1. The number of carboxylic acids is 1. The van der Waals surface area contributed by atoms with E-state index in [0.29, 0.717) is 17.7 Å². The average molecular weight is 233 g/mol. The molecular formula is C13H15NO3. The number of rotatable bonds is 3. The maximum atomic E-state index is 11.0. The van der Waals surface area contributed by atoms with Crippen LogP contribution in [0.1, 0.15) is 25.3 Å². The first-order valence-electron chi connectivity index (χ1n) is 5.65. The van der Waals surface area contributed by atoms with Crippen LogP contribution in [-0.4, -0.2) is 27.9 Å². The van der Waals surface area contributed by atoms with Gasteiger partial charge in [-0.05, 0) is 12.0 Å². The summed E-state index contributed by atoms with van der Waals surface area (Å²) >= 11 is 0. The molecule has 1 heterocycles. The molecule has 0 aliphatic carbocycles. The second-order valence-corrected chi connectivity index (χ2v) is 4.21. The Labute approximate surface area is 99.6 Å². The Morgan fingerprint density at radius 1 is 1.47 bits per heavy atom. The highest BCUT2D eigenvalue weighted by molar-refractivity contribution is 5.98. The van der Waals surface area contributed by atoms with Crippen LogP contribution in [0.4, 0.5) is 0 Å². The van der Waals surface area contributed by atoms with Crippen molar-refractivity contribution in [2.75, 3.05) is 0 Å². The van der Waals surface area contributed by atoms with Crippen molar-refractivity contribution in [2.24, 2.45) is 4.99 Å². The number of aliphatic carboxylic acids is 1. The number of hydrogen-bond acceptors (Lipinski definition) is 3. The standard InChI is InChI=1S/C13H15NO3/c1-2-11-13(17,8-10(14-11)12(15)16)9-6-4-3-5-7-9/h3-7,10,17H,2,8H2,1H3,(H,15,16)/t10-,13-/m0/s1. The fourth-order valence-corrected chi connectivity index (χ4v) is 2.26. The van der Waals surface area contributed by atoms with E-state index < -0.39 is 17.6 Å². The quantitative estimate of drug-likeness (QED) is 0.832. The molecule has 4 heteroatoms. The molecule has 0 saturated carbocycles. The Kier molecular flexibility index (Phi) is 2.98. The number of hydrogen-bond donors (Lipinski definition) is 2. The fraction of sp³-hybridized carbons (Fsp3) is 0.385. The van der Waals surface area contributed by atoms with Crippen LogP contribution in [0.25, 0.3) is 0 Å². The van der Waals surface area contributed by atoms with Crippen LogP contribution >= 0.6 is 0 Å². The van der Waals surface area contributed by atoms with E-state index in [9.17, 15) is 9.90 Å². The maximum Gasteiger partial charge on any atom is 0.328 e. The predicted molar refractivity (Wildman–Crippen MR) is 64.1 cm³/mol. The van der Waals surface area contributed by atoms with Gasteiger partial charge in [0.25, 0.3) is 0 Å². The van der Waals surface area contributed by atoms with Gasteiger partial charge in [-0.3, -0.25) is 4.99 Å². The lowest BCUT2D eigenvalue weighted by atomic mass is 9.85. The Morgan fingerprint density at radius 3 is 2.65 bits per heavy atom. The molecule has 2 N–H and O–H groups in total. The van der Waals surface area contributed by atoms with Crippen molar-refractivity contribution in [1.82, 2.24) is 0 Å². The number of aliphatic imine (C=N–C) groups is 1. The molecule has 1 aromatic rings. The van der Waals surface area contributed by atoms with Crippen LogP contribution in [0.15, 0.2) is 35.3 Å². The second-order valence-electron chi connectivity index (χ2n) is 4.21. The van der Waals surface area contributed by atoms with Crippen LogP contribution in [-0.2, 0) is 10.4 Å². The summed E-state index contributed by atoms with van der Waals surface area (Å²) in [7, 11) is 0. The van der Waals surface area contributed by atoms with E-state index in [-0.39, 0.29) is 6.42 Å². The largest absolute Gasteiger partial charge is 0.480 e. The summed E-state index contributed by atoms with van der Waals surface area (Å²) in [4.78, 5) is 15.1. The highest BCUT2D eigenvalue weighted by Crippen LogP contribution is 2.35. The predicted octanol–water partition coefficient (Wildman–Crippen LogP) is 1.58. The molecule has 0 fully saturated rings. The van der Waals surface area contributed by atoms with Crippen molar-refractivity contribution in [3.05, 3.63) is 35.9 Å². The van der Waals surface area contributed by atoms with E-state index >= 15 is 0 Å². The molecule has 0 radical (unpaired) electrons. The van der Waals surface area contributed by atoms with Gasteiger partial charge in [-0.2, -0.15) is 0 Å². The normalized spacial score (nSPS) is 27.9. The first kappa shape index (κ1) is 11.8. The molecule has 0 amide bonds. The second kappa shape index (κ2) is 4.30. The maximum absolute atomic E-state index is 11.0. The molecule has 1 aromatic carbocycles. The van der Waals surface area contributed by atoms with Gasteiger partial charge in [0.2, 0.25) is 0 Å². The van der Waals surface area contributed by atoms with E-state index in [1.165, 1.54) is 0 Å². The Balaban J connectivity index is 2.39. The Bertz CT molecular complexity index is 455. The van der Waals surface area contributed by atoms with Crippen molar-refractivity contribution in [1.29, 1.82) is 0 Å². The van der Waals surface area contributed by atoms with Crippen LogP contribution < -0.4 is 0 Å². The fourth-order valence-electron chi connectivity index (χ4n) is 2.26. The van der Waals surface area contributed by atoms with Crippen molar-refractivity contribution in [3.63, 3.8) is 0 Å². The summed E-state index contributed by atoms with van der Waals surface area (Å²) in [5.41, 5.74) is 0.0412. The van der Waals surface area contributed by atoms with Gasteiger partial charge < -0.3 is 10.2 Å². The van der Waals surface area contributed by atoms with Gasteiger partial charge >= 0.3 is 5.97 Å². The summed E-state index contributed by atoms with van der Waals surface area (Å²) in [5.74, 6) is -0.984. The monoisotopic (exact) mass is 233 g/mol. The van der Waals surface area contributed by atoms with Crippen molar-refractivity contribution >= 4 is 11.7 Å². The minimum atomic E-state index is -1.22. The van der Waals surface area contributed by atoms with Gasteiger partial charge in [-0.1, -0.05) is 37.3 Å². The van der Waals surface area contributed by atoms with E-state index in [1.54, 1.807) is 12.1 Å². The van der Waals surface area contributed by atoms with E-state index in [2.05, 4.69) is 4.99 Å². The van der Waals surface area contributed by atoms with Crippen molar-refractivity contribution < 1.29 is 15.0 Å². The highest BCUT2D eigenvalue weighted by atomic mass is 16.4. The van der Waals surface area contributed by atoms with Gasteiger partial charge in [-0.15, -0.1) is 0 Å². The SMILES string of the molecule is CCC1=N[C@H](C(=O)O)C[C@]1(O)c1ccccc1. The first-order valence-corrected chi connectivity index (χ1v) is 5.65. The van der Waals surface area contributed by atoms with E-state index in [0.717, 1.165) is 0 Å². The van der Waals surface area contributed by atoms with E-state index in [4.69, 9.17) is 5.11 Å². The molecule has 17 heavy (non-hydrogen) atoms. The van der Waals surface area contributed by atoms with Crippen LogP contribution in [0.2, 0.25) is 0 Å². The molecule has 0 spiro atoms. The molecule has 1 aliphatic heterocycles. The minimum absolute atomic E-state index is 0.121. The molecule has 0 saturated heterocycles. The third-order valence-electron chi connectivity index (χ3n) is 3.15. The third kappa shape index (κ3) is 1.96. The van der Waals surface area contributed by atoms with Crippen molar-refractivity contribution in [3.8, 4) is 0 Å². The number of carboxylic acid groups (broad SMARTS) is 1. The molecule has 0 bridgehead atoms. The molecular weight excluding hydrogens is 218 g/mol. The van der Waals surface area contributed by atoms with Crippen LogP contribution in [0.5, 0.6) is 0 Å². The van der Waals surface area contributed by atoms with Gasteiger partial charge in [0.1, 0.15) is 5.60 Å². The first-order chi connectivity index (χ1) is 8.08. The number of carbonyl (C=O) groups is 1. The molecule has 4 nitrogen and oxygen atoms in total. The molecule has 2 atom stereocenters. The zero-order chi connectivity index (χ0) is 12.5. The van der Waals surface area contributed by atoms with Gasteiger partial charge in [0, 0.05) is 12.1 Å². The number of aliphatic hydroxyl groups is 1. The molecule has 2 rings (SSSR count). The summed E-state index contributed by atoms with van der Waals surface area (Å²) < 4.78 is 0. The summed E-state index contributed by atoms with van der Waals surface area (Å²) in [6, 6.07) is 8.28. The van der Waals surface area contributed by atoms with Crippen molar-refractivity contribution in [2.45, 2.75) is 31.4 Å². The van der Waals surface area contributed by atoms with Gasteiger partial charge in [0.15, 0.2) is 6.04 Å². The topological polar surface area (TPSA) is 69.9 Å². The molecule has 90 valence electrons. The lowest BCUT2D eigenvalue weighted by molar-refractivity contribution is -0.139. The highest BCUT2D eigenvalue weighted by Gasteiger charge is 2.44. The van der Waals surface area contributed by atoms with Crippen LogP contribution in [0, 0.1) is 0 Å². The Morgan fingerprint density at radius 2 is 2.12 bits per heavy atom. The summed E-state index contributed by atoms with van der Waals surface area (Å²) in [6.07, 6.45) is 0.671. The zero-order valence-corrected chi connectivity index (χ0v) is 9.63. The smallest absolute Gasteiger partial charge is 0.328 e. The average Bonchev–Trinajstić information content (AvgIpc) is 2.69.